The van der Waals surface area contributed by atoms with Crippen molar-refractivity contribution in [1.29, 1.82) is 0 Å². The molecule has 38 heavy (non-hydrogen) atoms. The molecule has 4 rings (SSSR count). The van der Waals surface area contributed by atoms with Gasteiger partial charge in [-0.3, -0.25) is 4.99 Å². The lowest BCUT2D eigenvalue weighted by Crippen LogP contribution is -2.17. The highest BCUT2D eigenvalue weighted by atomic mass is 32.2. The third kappa shape index (κ3) is 5.04. The van der Waals surface area contributed by atoms with E-state index in [2.05, 4.69) is 9.73 Å². The van der Waals surface area contributed by atoms with Crippen LogP contribution in [0.1, 0.15) is 22.4 Å². The van der Waals surface area contributed by atoms with Crippen molar-refractivity contribution < 1.29 is 41.3 Å². The summed E-state index contributed by atoms with van der Waals surface area (Å²) in [4.78, 5) is 4.01. The molecule has 1 aromatic heterocycles. The second-order valence-electron chi connectivity index (χ2n) is 8.30. The largest absolute Gasteiger partial charge is 0.573 e. The maximum Gasteiger partial charge on any atom is 0.573 e. The first-order valence-corrected chi connectivity index (χ1v) is 12.6. The molecule has 0 bridgehead atoms. The Morgan fingerprint density at radius 2 is 1.66 bits per heavy atom. The average Bonchev–Trinajstić information content (AvgIpc) is 3.13. The van der Waals surface area contributed by atoms with Gasteiger partial charge >= 0.3 is 6.36 Å². The average molecular weight is 549 g/mol. The number of alkyl halides is 3. The van der Waals surface area contributed by atoms with Gasteiger partial charge in [-0.2, -0.15) is 0 Å². The van der Waals surface area contributed by atoms with Crippen molar-refractivity contribution in [1.82, 2.24) is 3.97 Å². The number of aromatic nitrogens is 1. The van der Waals surface area contributed by atoms with Gasteiger partial charge in [0.2, 0.25) is 0 Å². The Balaban J connectivity index is 2.07. The number of benzene rings is 3. The van der Waals surface area contributed by atoms with Crippen molar-refractivity contribution in [2.75, 3.05) is 13.8 Å². The van der Waals surface area contributed by atoms with Crippen LogP contribution in [0.5, 0.6) is 17.2 Å². The van der Waals surface area contributed by atoms with Gasteiger partial charge in [0.15, 0.2) is 0 Å². The summed E-state index contributed by atoms with van der Waals surface area (Å²) in [6.07, 6.45) is -5.00. The minimum atomic E-state index is -5.00. The van der Waals surface area contributed by atoms with Crippen LogP contribution in [0, 0.1) is 13.8 Å². The van der Waals surface area contributed by atoms with E-state index in [0.717, 1.165) is 21.7 Å². The summed E-state index contributed by atoms with van der Waals surface area (Å²) in [6.45, 7) is 2.52. The highest BCUT2D eigenvalue weighted by Crippen LogP contribution is 2.37. The van der Waals surface area contributed by atoms with Crippen molar-refractivity contribution in [3.8, 4) is 17.2 Å². The number of aryl methyl sites for hydroxylation is 1. The molecule has 12 heteroatoms. The van der Waals surface area contributed by atoms with E-state index in [4.69, 9.17) is 4.74 Å². The first-order chi connectivity index (χ1) is 17.9. The number of fused-ring (bicyclic) bond motifs is 1. The number of hydrogen-bond acceptors (Lipinski definition) is 7. The van der Waals surface area contributed by atoms with Crippen LogP contribution in [-0.4, -0.2) is 48.5 Å². The SMILES string of the molecule is COc1ccc(C(=NCO)c2c(C)n(S(=O)(=O)c3ccc(C)cc3)c3cc(OC(F)(F)F)ccc23)c(O)c1. The number of phenols is 1. The number of hydrogen-bond donors (Lipinski definition) is 2. The first kappa shape index (κ1) is 27.0. The summed E-state index contributed by atoms with van der Waals surface area (Å²) in [5.41, 5.74) is 1.14. The molecule has 8 nitrogen and oxygen atoms in total. The molecule has 0 spiro atoms. The van der Waals surface area contributed by atoms with Crippen LogP contribution < -0.4 is 9.47 Å². The van der Waals surface area contributed by atoms with Crippen molar-refractivity contribution in [3.63, 3.8) is 0 Å². The van der Waals surface area contributed by atoms with E-state index in [1.165, 1.54) is 50.4 Å². The third-order valence-corrected chi connectivity index (χ3v) is 7.66. The zero-order valence-corrected chi connectivity index (χ0v) is 21.3. The fourth-order valence-electron chi connectivity index (χ4n) is 4.20. The van der Waals surface area contributed by atoms with Crippen LogP contribution >= 0.6 is 0 Å². The number of rotatable bonds is 7. The van der Waals surface area contributed by atoms with Crippen molar-refractivity contribution in [2.24, 2.45) is 4.99 Å². The zero-order valence-electron chi connectivity index (χ0n) is 20.4. The van der Waals surface area contributed by atoms with Gasteiger partial charge in [-0.15, -0.1) is 13.2 Å². The molecule has 0 amide bonds. The molecule has 0 unspecified atom stereocenters. The third-order valence-electron chi connectivity index (χ3n) is 5.84. The maximum atomic E-state index is 13.8. The summed E-state index contributed by atoms with van der Waals surface area (Å²) in [7, 11) is -2.92. The molecule has 0 saturated heterocycles. The molecule has 4 aromatic rings. The van der Waals surface area contributed by atoms with Crippen molar-refractivity contribution in [3.05, 3.63) is 83.0 Å². The molecule has 3 aromatic carbocycles. The van der Waals surface area contributed by atoms with E-state index < -0.39 is 28.9 Å². The number of methoxy groups -OCH3 is 1. The number of halogens is 3. The Labute approximate surface area is 216 Å². The predicted molar refractivity (Wildman–Crippen MR) is 135 cm³/mol. The predicted octanol–water partition coefficient (Wildman–Crippen LogP) is 4.90. The standard InChI is InChI=1S/C26H23F3N2O6S/c1-15-4-8-19(9-5-15)38(34,35)31-16(2)24(20-10-7-18(12-22(20)31)37-26(27,28)29)25(30-14-32)21-11-6-17(36-3)13-23(21)33/h4-13,32-33H,14H2,1-3H3. The van der Waals surface area contributed by atoms with Gasteiger partial charge in [0, 0.05) is 34.3 Å². The molecule has 0 aliphatic rings. The zero-order chi connectivity index (χ0) is 27.8. The van der Waals surface area contributed by atoms with E-state index in [1.807, 2.05) is 0 Å². The molecular formula is C26H23F3N2O6S. The first-order valence-electron chi connectivity index (χ1n) is 11.1. The van der Waals surface area contributed by atoms with Gasteiger partial charge in [0.05, 0.1) is 23.2 Å². The number of nitrogens with zero attached hydrogens (tertiary/aromatic N) is 2. The molecule has 0 radical (unpaired) electrons. The Morgan fingerprint density at radius 1 is 1.00 bits per heavy atom. The second-order valence-corrected chi connectivity index (χ2v) is 10.1. The normalized spacial score (nSPS) is 12.7. The lowest BCUT2D eigenvalue weighted by atomic mass is 9.98. The van der Waals surface area contributed by atoms with Gasteiger partial charge < -0.3 is 19.7 Å². The summed E-state index contributed by atoms with van der Waals surface area (Å²) in [6, 6.07) is 13.6. The number of ether oxygens (including phenoxy) is 2. The van der Waals surface area contributed by atoms with Crippen LogP contribution in [0.2, 0.25) is 0 Å². The Bertz CT molecular complexity index is 1640. The highest BCUT2D eigenvalue weighted by molar-refractivity contribution is 7.90. The fourth-order valence-corrected chi connectivity index (χ4v) is 5.75. The number of aromatic hydroxyl groups is 1. The number of aliphatic hydroxyl groups excluding tert-OH is 1. The number of phenolic OH excluding ortho intramolecular Hbond substituents is 1. The lowest BCUT2D eigenvalue weighted by molar-refractivity contribution is -0.274. The lowest BCUT2D eigenvalue weighted by Gasteiger charge is -2.13. The number of aliphatic imine (C=N–C) groups is 1. The van der Waals surface area contributed by atoms with E-state index in [1.54, 1.807) is 19.1 Å². The smallest absolute Gasteiger partial charge is 0.507 e. The Morgan fingerprint density at radius 3 is 2.24 bits per heavy atom. The molecule has 1 heterocycles. The van der Waals surface area contributed by atoms with Gasteiger partial charge in [0.1, 0.15) is 24.0 Å². The molecule has 0 aliphatic carbocycles. The van der Waals surface area contributed by atoms with Crippen LogP contribution in [-0.2, 0) is 10.0 Å². The van der Waals surface area contributed by atoms with Crippen LogP contribution in [0.3, 0.4) is 0 Å². The fraction of sp³-hybridized carbons (Fsp3) is 0.192. The van der Waals surface area contributed by atoms with E-state index in [9.17, 15) is 31.8 Å². The monoisotopic (exact) mass is 548 g/mol. The van der Waals surface area contributed by atoms with E-state index >= 15 is 0 Å². The van der Waals surface area contributed by atoms with Crippen molar-refractivity contribution in [2.45, 2.75) is 25.1 Å². The molecule has 0 fully saturated rings. The van der Waals surface area contributed by atoms with E-state index in [-0.39, 0.29) is 44.1 Å². The Kier molecular flexibility index (Phi) is 7.13. The van der Waals surface area contributed by atoms with Gasteiger partial charge in [-0.25, -0.2) is 12.4 Å². The van der Waals surface area contributed by atoms with Crippen LogP contribution in [0.25, 0.3) is 10.9 Å². The molecular weight excluding hydrogens is 525 g/mol. The van der Waals surface area contributed by atoms with Crippen LogP contribution in [0.15, 0.2) is 70.6 Å². The molecule has 2 N–H and O–H groups in total. The topological polar surface area (TPSA) is 110 Å². The summed E-state index contributed by atoms with van der Waals surface area (Å²) < 4.78 is 76.6. The highest BCUT2D eigenvalue weighted by Gasteiger charge is 2.33. The summed E-state index contributed by atoms with van der Waals surface area (Å²) in [5, 5.41) is 20.6. The van der Waals surface area contributed by atoms with Gasteiger partial charge in [0.25, 0.3) is 10.0 Å². The maximum absolute atomic E-state index is 13.8. The summed E-state index contributed by atoms with van der Waals surface area (Å²) >= 11 is 0. The Hall–Kier alpha value is -4.03. The van der Waals surface area contributed by atoms with Gasteiger partial charge in [-0.05, 0) is 50.2 Å². The van der Waals surface area contributed by atoms with Gasteiger partial charge in [-0.1, -0.05) is 17.7 Å². The van der Waals surface area contributed by atoms with Crippen molar-refractivity contribution >= 4 is 26.6 Å². The molecule has 0 aliphatic heterocycles. The number of aliphatic hydroxyl groups is 1. The van der Waals surface area contributed by atoms with E-state index in [0.29, 0.717) is 5.75 Å². The van der Waals surface area contributed by atoms with Crippen LogP contribution in [0.4, 0.5) is 13.2 Å². The minimum Gasteiger partial charge on any atom is -0.507 e. The minimum absolute atomic E-state index is 0.0255. The second kappa shape index (κ2) is 10.0. The molecule has 0 saturated carbocycles. The molecule has 200 valence electrons. The summed E-state index contributed by atoms with van der Waals surface area (Å²) in [5.74, 6) is -0.553. The molecule has 0 atom stereocenters. The quantitative estimate of drug-likeness (QED) is 0.318.